The third-order valence-corrected chi connectivity index (χ3v) is 6.74. The van der Waals surface area contributed by atoms with E-state index in [9.17, 15) is 18.8 Å². The normalized spacial score (nSPS) is 12.7. The maximum absolute atomic E-state index is 13.0. The fourth-order valence-electron chi connectivity index (χ4n) is 3.11. The van der Waals surface area contributed by atoms with E-state index in [0.29, 0.717) is 11.1 Å². The van der Waals surface area contributed by atoms with Crippen LogP contribution in [0.3, 0.4) is 0 Å². The lowest BCUT2D eigenvalue weighted by Crippen LogP contribution is -2.36. The third-order valence-electron chi connectivity index (χ3n) is 4.83. The highest BCUT2D eigenvalue weighted by Gasteiger charge is 2.24. The summed E-state index contributed by atoms with van der Waals surface area (Å²) in [5.74, 6) is -0.0701. The average Bonchev–Trinajstić information content (AvgIpc) is 3.23. The fourth-order valence-corrected chi connectivity index (χ4v) is 4.51. The molecule has 3 aromatic rings. The van der Waals surface area contributed by atoms with Gasteiger partial charge in [-0.1, -0.05) is 12.1 Å². The number of H-pyrrole nitrogens is 1. The van der Waals surface area contributed by atoms with Crippen molar-refractivity contribution in [3.63, 3.8) is 0 Å². The van der Waals surface area contributed by atoms with Gasteiger partial charge < -0.3 is 19.6 Å². The lowest BCUT2D eigenvalue weighted by molar-refractivity contribution is 0.150. The molecule has 1 aromatic heterocycles. The second-order valence-electron chi connectivity index (χ2n) is 6.85. The highest BCUT2D eigenvalue weighted by molar-refractivity contribution is 7.89. The Balaban J connectivity index is 1.92. The molecule has 0 unspecified atom stereocenters. The largest absolute Gasteiger partial charge is 0.506 e. The maximum Gasteiger partial charge on any atom is 0.243 e. The monoisotopic (exact) mass is 456 g/mol. The minimum atomic E-state index is -3.79. The van der Waals surface area contributed by atoms with Crippen LogP contribution in [0, 0.1) is 11.3 Å². The zero-order valence-electron chi connectivity index (χ0n) is 17.8. The topological polar surface area (TPSA) is 129 Å². The van der Waals surface area contributed by atoms with Crippen molar-refractivity contribution in [1.82, 2.24) is 14.3 Å². The van der Waals surface area contributed by atoms with Crippen LogP contribution >= 0.6 is 0 Å². The van der Waals surface area contributed by atoms with Gasteiger partial charge in [-0.25, -0.2) is 13.4 Å². The number of sulfonamides is 1. The summed E-state index contributed by atoms with van der Waals surface area (Å²) in [7, 11) is -0.792. The van der Waals surface area contributed by atoms with Crippen LogP contribution in [0.4, 0.5) is 0 Å². The van der Waals surface area contributed by atoms with Crippen LogP contribution in [0.5, 0.6) is 0 Å². The number of allylic oxidation sites excluding steroid dienone is 1. The van der Waals surface area contributed by atoms with Crippen LogP contribution in [0.1, 0.15) is 11.4 Å². The van der Waals surface area contributed by atoms with Gasteiger partial charge in [0.1, 0.15) is 17.4 Å². The average molecular weight is 457 g/mol. The Morgan fingerprint density at radius 1 is 1.09 bits per heavy atom. The summed E-state index contributed by atoms with van der Waals surface area (Å²) in [6, 6.07) is 14.9. The van der Waals surface area contributed by atoms with Crippen molar-refractivity contribution in [2.75, 3.05) is 40.5 Å². The number of hydrogen-bond acceptors (Lipinski definition) is 7. The summed E-state index contributed by atoms with van der Waals surface area (Å²) < 4.78 is 37.3. The number of nitrogens with zero attached hydrogens (tertiary/aromatic N) is 3. The molecular formula is C22H24N4O5S. The van der Waals surface area contributed by atoms with Crippen molar-refractivity contribution < 1.29 is 23.0 Å². The molecule has 0 atom stereocenters. The molecule has 0 aliphatic heterocycles. The molecule has 2 N–H and O–H groups in total. The molecule has 0 saturated carbocycles. The van der Waals surface area contributed by atoms with Crippen LogP contribution in [0.15, 0.2) is 53.4 Å². The summed E-state index contributed by atoms with van der Waals surface area (Å²) in [4.78, 5) is 7.41. The number of imidazole rings is 1. The van der Waals surface area contributed by atoms with Crippen molar-refractivity contribution >= 4 is 32.4 Å². The van der Waals surface area contributed by atoms with Gasteiger partial charge in [-0.2, -0.15) is 9.57 Å². The van der Waals surface area contributed by atoms with E-state index in [-0.39, 0.29) is 48.4 Å². The Morgan fingerprint density at radius 2 is 1.72 bits per heavy atom. The van der Waals surface area contributed by atoms with Crippen molar-refractivity contribution in [2.45, 2.75) is 4.90 Å². The SMILES string of the molecule is COCCN(CCOC)S(=O)(=O)c1ccc(C(O)=C(C#N)c2nc3ccccc3[nH]2)cc1. The van der Waals surface area contributed by atoms with Crippen molar-refractivity contribution in [1.29, 1.82) is 5.26 Å². The zero-order valence-corrected chi connectivity index (χ0v) is 18.6. The van der Waals surface area contributed by atoms with Crippen LogP contribution in [-0.2, 0) is 19.5 Å². The molecule has 1 heterocycles. The molecule has 0 saturated heterocycles. The highest BCUT2D eigenvalue weighted by Crippen LogP contribution is 2.26. The molecule has 2 aromatic carbocycles. The molecule has 0 amide bonds. The number of aliphatic hydroxyl groups is 1. The second kappa shape index (κ2) is 10.4. The van der Waals surface area contributed by atoms with Gasteiger partial charge in [-0.3, -0.25) is 0 Å². The van der Waals surface area contributed by atoms with E-state index in [1.54, 1.807) is 6.07 Å². The van der Waals surface area contributed by atoms with Gasteiger partial charge in [0.2, 0.25) is 10.0 Å². The summed E-state index contributed by atoms with van der Waals surface area (Å²) >= 11 is 0. The third kappa shape index (κ3) is 4.98. The first-order valence-corrected chi connectivity index (χ1v) is 11.2. The number of para-hydroxylation sites is 2. The number of fused-ring (bicyclic) bond motifs is 1. The van der Waals surface area contributed by atoms with Crippen LogP contribution in [0.2, 0.25) is 0 Å². The molecule has 0 spiro atoms. The van der Waals surface area contributed by atoms with E-state index >= 15 is 0 Å². The standard InChI is InChI=1S/C22H24N4O5S/c1-30-13-11-26(12-14-31-2)32(28,29)17-9-7-16(8-10-17)21(27)18(15-23)22-24-19-5-3-4-6-20(19)25-22/h3-10,27H,11-14H2,1-2H3,(H,24,25). The molecule has 0 bridgehead atoms. The number of aliphatic hydroxyl groups excluding tert-OH is 1. The van der Waals surface area contributed by atoms with Gasteiger partial charge in [0.15, 0.2) is 5.82 Å². The molecule has 168 valence electrons. The van der Waals surface area contributed by atoms with Crippen molar-refractivity contribution in [2.24, 2.45) is 0 Å². The summed E-state index contributed by atoms with van der Waals surface area (Å²) in [5.41, 5.74) is 1.65. The van der Waals surface area contributed by atoms with Gasteiger partial charge >= 0.3 is 0 Å². The Kier molecular flexibility index (Phi) is 7.61. The van der Waals surface area contributed by atoms with E-state index in [4.69, 9.17) is 9.47 Å². The predicted octanol–water partition coefficient (Wildman–Crippen LogP) is 2.80. The molecule has 0 aliphatic rings. The smallest absolute Gasteiger partial charge is 0.243 e. The van der Waals surface area contributed by atoms with E-state index in [0.717, 1.165) is 5.52 Å². The van der Waals surface area contributed by atoms with Crippen LogP contribution < -0.4 is 0 Å². The lowest BCUT2D eigenvalue weighted by Gasteiger charge is -2.21. The zero-order chi connectivity index (χ0) is 23.1. The number of rotatable bonds is 10. The van der Waals surface area contributed by atoms with E-state index in [1.807, 2.05) is 24.3 Å². The van der Waals surface area contributed by atoms with Crippen molar-refractivity contribution in [3.05, 3.63) is 59.9 Å². The minimum Gasteiger partial charge on any atom is -0.506 e. The highest BCUT2D eigenvalue weighted by atomic mass is 32.2. The number of aromatic amines is 1. The van der Waals surface area contributed by atoms with Crippen LogP contribution in [-0.4, -0.2) is 68.3 Å². The summed E-state index contributed by atoms with van der Waals surface area (Å²) in [6.45, 7) is 0.848. The van der Waals surface area contributed by atoms with Gasteiger partial charge in [-0.15, -0.1) is 0 Å². The molecular weight excluding hydrogens is 432 g/mol. The number of nitriles is 1. The van der Waals surface area contributed by atoms with Gasteiger partial charge in [0, 0.05) is 32.9 Å². The van der Waals surface area contributed by atoms with Gasteiger partial charge in [0.05, 0.1) is 29.1 Å². The first kappa shape index (κ1) is 23.4. The first-order chi connectivity index (χ1) is 15.4. The number of methoxy groups -OCH3 is 2. The van der Waals surface area contributed by atoms with E-state index in [1.165, 1.54) is 42.8 Å². The molecule has 0 fully saturated rings. The molecule has 32 heavy (non-hydrogen) atoms. The fraction of sp³-hybridized carbons (Fsp3) is 0.273. The van der Waals surface area contributed by atoms with E-state index in [2.05, 4.69) is 9.97 Å². The number of ether oxygens (including phenoxy) is 2. The second-order valence-corrected chi connectivity index (χ2v) is 8.79. The Morgan fingerprint density at radius 3 is 2.28 bits per heavy atom. The summed E-state index contributed by atoms with van der Waals surface area (Å²) in [5, 5.41) is 20.3. The van der Waals surface area contributed by atoms with Crippen molar-refractivity contribution in [3.8, 4) is 6.07 Å². The maximum atomic E-state index is 13.0. The number of hydrogen-bond donors (Lipinski definition) is 2. The number of benzene rings is 2. The molecule has 3 rings (SSSR count). The first-order valence-electron chi connectivity index (χ1n) is 9.79. The molecule has 10 heteroatoms. The molecule has 0 aliphatic carbocycles. The van der Waals surface area contributed by atoms with E-state index < -0.39 is 10.0 Å². The molecule has 9 nitrogen and oxygen atoms in total. The quantitative estimate of drug-likeness (QED) is 0.354. The minimum absolute atomic E-state index is 0.0429. The van der Waals surface area contributed by atoms with Gasteiger partial charge in [0.25, 0.3) is 0 Å². The van der Waals surface area contributed by atoms with Crippen LogP contribution in [0.25, 0.3) is 22.4 Å². The Bertz CT molecular complexity index is 1200. The number of aromatic nitrogens is 2. The summed E-state index contributed by atoms with van der Waals surface area (Å²) in [6.07, 6.45) is 0. The Labute approximate surface area is 186 Å². The van der Waals surface area contributed by atoms with Gasteiger partial charge in [-0.05, 0) is 36.4 Å². The Hall–Kier alpha value is -3.23. The predicted molar refractivity (Wildman–Crippen MR) is 120 cm³/mol. The lowest BCUT2D eigenvalue weighted by atomic mass is 10.1. The number of nitrogens with one attached hydrogen (secondary N) is 1. The molecule has 0 radical (unpaired) electrons.